The van der Waals surface area contributed by atoms with Crippen LogP contribution in [0.1, 0.15) is 51.1 Å². The van der Waals surface area contributed by atoms with Gasteiger partial charge in [0.05, 0.1) is 18.2 Å². The number of nitrogens with zero attached hydrogens (tertiary/aromatic N) is 1. The lowest BCUT2D eigenvalue weighted by molar-refractivity contribution is -0.145. The highest BCUT2D eigenvalue weighted by Gasteiger charge is 2.43. The third-order valence-corrected chi connectivity index (χ3v) is 5.96. The number of aliphatic carboxylic acids is 1. The van der Waals surface area contributed by atoms with Crippen LogP contribution in [-0.4, -0.2) is 57.1 Å². The van der Waals surface area contributed by atoms with E-state index in [1.165, 1.54) is 7.11 Å². The summed E-state index contributed by atoms with van der Waals surface area (Å²) in [4.78, 5) is 53.3. The molecule has 35 heavy (non-hydrogen) atoms. The Morgan fingerprint density at radius 1 is 1.06 bits per heavy atom. The summed E-state index contributed by atoms with van der Waals surface area (Å²) in [6.45, 7) is 0. The molecule has 10 nitrogen and oxygen atoms in total. The second-order valence-corrected chi connectivity index (χ2v) is 8.06. The number of methoxy groups -OCH3 is 1. The van der Waals surface area contributed by atoms with E-state index in [2.05, 4.69) is 10.9 Å². The lowest BCUT2D eigenvalue weighted by Crippen LogP contribution is -2.46. The molecule has 3 aromatic rings. The number of esters is 1. The maximum Gasteiger partial charge on any atom is 0.329 e. The van der Waals surface area contributed by atoms with Crippen LogP contribution in [0.4, 0.5) is 0 Å². The van der Waals surface area contributed by atoms with E-state index in [9.17, 15) is 19.2 Å². The topological polar surface area (TPSA) is 163 Å². The van der Waals surface area contributed by atoms with Gasteiger partial charge in [-0.1, -0.05) is 24.3 Å². The summed E-state index contributed by atoms with van der Waals surface area (Å²) in [7, 11) is 1.24. The first-order chi connectivity index (χ1) is 16.9. The summed E-state index contributed by atoms with van der Waals surface area (Å²) >= 11 is 0. The van der Waals surface area contributed by atoms with Crippen molar-refractivity contribution in [1.29, 1.82) is 0 Å². The smallest absolute Gasteiger partial charge is 0.329 e. The van der Waals surface area contributed by atoms with Gasteiger partial charge in [0, 0.05) is 29.9 Å². The maximum absolute atomic E-state index is 12.9. The van der Waals surface area contributed by atoms with Crippen molar-refractivity contribution < 1.29 is 34.2 Å². The molecular weight excluding hydrogens is 454 g/mol. The molecule has 5 N–H and O–H groups in total. The summed E-state index contributed by atoms with van der Waals surface area (Å²) in [6.07, 6.45) is 4.20. The van der Waals surface area contributed by atoms with E-state index in [-0.39, 0.29) is 24.0 Å². The predicted octanol–water partition coefficient (Wildman–Crippen LogP) is 2.68. The number of unbranched alkanes of at least 4 members (excludes halogenated alkanes) is 1. The number of imide groups is 1. The Morgan fingerprint density at radius 3 is 2.31 bits per heavy atom. The molecule has 0 bridgehead atoms. The summed E-state index contributed by atoms with van der Waals surface area (Å²) < 4.78 is 4.93. The first kappa shape index (κ1) is 25.6. The molecule has 0 saturated carbocycles. The number of hydrogen-bond acceptors (Lipinski definition) is 7. The van der Waals surface area contributed by atoms with Crippen molar-refractivity contribution in [2.75, 3.05) is 7.11 Å². The largest absolute Gasteiger partial charge is 0.481 e. The third-order valence-electron chi connectivity index (χ3n) is 5.96. The molecule has 4 rings (SSSR count). The van der Waals surface area contributed by atoms with E-state index in [0.717, 1.165) is 39.8 Å². The number of hydrogen-bond donors (Lipinski definition) is 4. The zero-order valence-corrected chi connectivity index (χ0v) is 19.2. The Bertz CT molecular complexity index is 1220. The first-order valence-corrected chi connectivity index (χ1v) is 11.0. The summed E-state index contributed by atoms with van der Waals surface area (Å²) in [6, 6.07) is 11.3. The summed E-state index contributed by atoms with van der Waals surface area (Å²) in [5, 5.41) is 16.1. The molecule has 10 heteroatoms. The van der Waals surface area contributed by atoms with Gasteiger partial charge < -0.3 is 20.0 Å². The van der Waals surface area contributed by atoms with Gasteiger partial charge in [-0.25, -0.2) is 10.7 Å². The van der Waals surface area contributed by atoms with Gasteiger partial charge in [0.15, 0.2) is 0 Å². The number of carboxylic acid groups (broad SMARTS) is 1. The Kier molecular flexibility index (Phi) is 8.34. The fraction of sp³-hybridized carbons (Fsp3) is 0.280. The summed E-state index contributed by atoms with van der Waals surface area (Å²) in [5.74, 6) is 1.04. The number of ether oxygens (including phenoxy) is 1. The minimum atomic E-state index is -1.09. The van der Waals surface area contributed by atoms with Crippen LogP contribution < -0.4 is 5.90 Å². The number of nitrogens with one attached hydrogen (secondary N) is 1. The molecule has 1 aliphatic rings. The molecule has 0 saturated heterocycles. The van der Waals surface area contributed by atoms with Gasteiger partial charge in [-0.2, -0.15) is 0 Å². The normalized spacial score (nSPS) is 13.3. The first-order valence-electron chi connectivity index (χ1n) is 11.0. The Hall–Kier alpha value is -4.02. The number of aryl methyl sites for hydroxylation is 1. The third kappa shape index (κ3) is 5.39. The van der Waals surface area contributed by atoms with Crippen LogP contribution in [0.2, 0.25) is 0 Å². The highest BCUT2D eigenvalue weighted by Crippen LogP contribution is 2.28. The van der Waals surface area contributed by atoms with E-state index in [1.54, 1.807) is 30.5 Å². The van der Waals surface area contributed by atoms with Gasteiger partial charge in [0.25, 0.3) is 11.8 Å². The van der Waals surface area contributed by atoms with Gasteiger partial charge >= 0.3 is 11.9 Å². The molecule has 2 heterocycles. The molecule has 0 fully saturated rings. The minimum Gasteiger partial charge on any atom is -0.481 e. The number of aromatic amines is 1. The van der Waals surface area contributed by atoms with Crippen molar-refractivity contribution in [2.45, 2.75) is 38.1 Å². The highest BCUT2D eigenvalue weighted by molar-refractivity contribution is 6.22. The molecule has 0 spiro atoms. The molecule has 1 aromatic heterocycles. The maximum atomic E-state index is 12.9. The van der Waals surface area contributed by atoms with Crippen LogP contribution in [0.3, 0.4) is 0 Å². The molecule has 2 amide bonds. The van der Waals surface area contributed by atoms with E-state index in [0.29, 0.717) is 6.42 Å². The molecule has 184 valence electrons. The van der Waals surface area contributed by atoms with Crippen molar-refractivity contribution >= 4 is 34.7 Å². The molecule has 0 aliphatic carbocycles. The Morgan fingerprint density at radius 2 is 1.71 bits per heavy atom. The number of carboxylic acids is 1. The van der Waals surface area contributed by atoms with Crippen LogP contribution in [0.25, 0.3) is 10.9 Å². The van der Waals surface area contributed by atoms with Gasteiger partial charge in [-0.15, -0.1) is 0 Å². The van der Waals surface area contributed by atoms with Gasteiger partial charge in [0.1, 0.15) is 6.04 Å². The number of carbonyl (C=O) groups is 4. The average molecular weight is 482 g/mol. The van der Waals surface area contributed by atoms with Crippen LogP contribution in [0.5, 0.6) is 0 Å². The fourth-order valence-corrected chi connectivity index (χ4v) is 4.28. The van der Waals surface area contributed by atoms with Crippen LogP contribution in [-0.2, 0) is 27.2 Å². The van der Waals surface area contributed by atoms with Crippen LogP contribution >= 0.6 is 0 Å². The standard InChI is InChI=1S/C25H24N2O6.H3NO/c1-33-25(32)21(27-23(30)18-7-3-4-8-19(18)24(27)31)13-16-14-26-20-12-15(10-11-17(16)20)6-2-5-9-22(28)29;1-2/h3-4,7-8,10-12,14,21,26H,2,5-6,9,13H2,1H3,(H,28,29);2H,1H2/t21-;/m0./s1. The monoisotopic (exact) mass is 481 g/mol. The molecule has 0 unspecified atom stereocenters. The average Bonchev–Trinajstić information content (AvgIpc) is 3.39. The zero-order valence-electron chi connectivity index (χ0n) is 19.2. The number of H-pyrrole nitrogens is 1. The van der Waals surface area contributed by atoms with Crippen LogP contribution in [0, 0.1) is 0 Å². The van der Waals surface area contributed by atoms with Crippen molar-refractivity contribution in [3.63, 3.8) is 0 Å². The lowest BCUT2D eigenvalue weighted by Gasteiger charge is -2.23. The van der Waals surface area contributed by atoms with Crippen molar-refractivity contribution in [3.8, 4) is 0 Å². The van der Waals surface area contributed by atoms with Crippen molar-refractivity contribution in [1.82, 2.24) is 9.88 Å². The Balaban J connectivity index is 0.00000167. The van der Waals surface area contributed by atoms with Gasteiger partial charge in [-0.05, 0) is 48.6 Å². The van der Waals surface area contributed by atoms with E-state index >= 15 is 0 Å². The second kappa shape index (κ2) is 11.4. The van der Waals surface area contributed by atoms with E-state index < -0.39 is 29.8 Å². The molecule has 1 aliphatic heterocycles. The summed E-state index contributed by atoms with van der Waals surface area (Å²) in [5.41, 5.74) is 3.29. The molecule has 0 radical (unpaired) electrons. The molecule has 2 aromatic carbocycles. The van der Waals surface area contributed by atoms with Crippen LogP contribution in [0.15, 0.2) is 48.7 Å². The van der Waals surface area contributed by atoms with E-state index in [4.69, 9.17) is 15.1 Å². The van der Waals surface area contributed by atoms with Gasteiger partial charge in [-0.3, -0.25) is 19.3 Å². The minimum absolute atomic E-state index is 0.121. The lowest BCUT2D eigenvalue weighted by atomic mass is 10.0. The number of rotatable bonds is 9. The zero-order chi connectivity index (χ0) is 25.5. The highest BCUT2D eigenvalue weighted by atomic mass is 16.5. The number of carbonyl (C=O) groups excluding carboxylic acids is 3. The SMILES string of the molecule is COC(=O)[C@H](Cc1c[nH]c2cc(CCCCC(=O)O)ccc12)N1C(=O)c2ccccc2C1=O.NO. The number of benzene rings is 2. The number of amides is 2. The van der Waals surface area contributed by atoms with Gasteiger partial charge in [0.2, 0.25) is 0 Å². The Labute approximate surface area is 201 Å². The molecular formula is C25H27N3O7. The fourth-order valence-electron chi connectivity index (χ4n) is 4.28. The second-order valence-electron chi connectivity index (χ2n) is 8.06. The van der Waals surface area contributed by atoms with E-state index in [1.807, 2.05) is 18.2 Å². The quantitative estimate of drug-likeness (QED) is 0.157. The van der Waals surface area contributed by atoms with Crippen molar-refractivity contribution in [2.24, 2.45) is 5.90 Å². The number of aromatic nitrogens is 1. The molecule has 1 atom stereocenters. The van der Waals surface area contributed by atoms with Crippen molar-refractivity contribution in [3.05, 3.63) is 70.9 Å². The number of nitrogens with two attached hydrogens (primary N) is 1. The predicted molar refractivity (Wildman–Crippen MR) is 126 cm³/mol. The number of fused-ring (bicyclic) bond motifs is 2.